The lowest BCUT2D eigenvalue weighted by atomic mass is 10.1. The number of anilines is 2. The normalized spacial score (nSPS) is 10.1. The molecule has 1 aromatic heterocycles. The molecule has 22 heavy (non-hydrogen) atoms. The second-order valence-corrected chi connectivity index (χ2v) is 4.88. The Morgan fingerprint density at radius 3 is 2.45 bits per heavy atom. The van der Waals surface area contributed by atoms with Crippen LogP contribution in [-0.2, 0) is 6.42 Å². The Hall–Kier alpha value is -2.56. The fraction of sp³-hybridized carbons (Fsp3) is 0.294. The summed E-state index contributed by atoms with van der Waals surface area (Å²) in [6.07, 6.45) is 2.72. The van der Waals surface area contributed by atoms with Gasteiger partial charge in [-0.15, -0.1) is 6.58 Å². The quantitative estimate of drug-likeness (QED) is 0.734. The Kier molecular flexibility index (Phi) is 5.77. The van der Waals surface area contributed by atoms with Crippen molar-refractivity contribution in [2.24, 2.45) is 0 Å². The van der Waals surface area contributed by atoms with E-state index in [1.165, 1.54) is 5.56 Å². The number of hydrogen-bond acceptors (Lipinski definition) is 5. The summed E-state index contributed by atoms with van der Waals surface area (Å²) < 4.78 is 5.15. The van der Waals surface area contributed by atoms with Crippen molar-refractivity contribution < 1.29 is 4.74 Å². The molecule has 1 heterocycles. The van der Waals surface area contributed by atoms with Gasteiger partial charge in [-0.25, -0.2) is 9.97 Å². The molecular formula is C17H22N4O. The van der Waals surface area contributed by atoms with Gasteiger partial charge in [0.15, 0.2) is 0 Å². The van der Waals surface area contributed by atoms with Crippen LogP contribution in [0.4, 0.5) is 11.6 Å². The van der Waals surface area contributed by atoms with Crippen LogP contribution in [0.15, 0.2) is 43.0 Å². The lowest BCUT2D eigenvalue weighted by molar-refractivity contribution is 0.414. The number of nitrogens with zero attached hydrogens (tertiary/aromatic N) is 2. The van der Waals surface area contributed by atoms with Crippen LogP contribution in [0, 0.1) is 6.92 Å². The molecule has 0 bridgehead atoms. The van der Waals surface area contributed by atoms with E-state index in [1.807, 2.05) is 25.1 Å². The maximum Gasteiger partial charge on any atom is 0.132 e. The summed E-state index contributed by atoms with van der Waals surface area (Å²) in [6, 6.07) is 10.00. The maximum atomic E-state index is 5.15. The van der Waals surface area contributed by atoms with Crippen LogP contribution in [0.2, 0.25) is 0 Å². The lowest BCUT2D eigenvalue weighted by Gasteiger charge is -2.09. The van der Waals surface area contributed by atoms with Crippen molar-refractivity contribution in [1.29, 1.82) is 0 Å². The SMILES string of the molecule is C=CCNc1cc(NCCc2ccc(OC)cc2)nc(C)n1. The summed E-state index contributed by atoms with van der Waals surface area (Å²) >= 11 is 0. The first-order valence-electron chi connectivity index (χ1n) is 7.28. The standard InChI is InChI=1S/C17H22N4O/c1-4-10-18-16-12-17(21-13(2)20-16)19-11-9-14-5-7-15(22-3)8-6-14/h4-8,12H,1,9-11H2,2-3H3,(H2,18,19,20,21). The summed E-state index contributed by atoms with van der Waals surface area (Å²) in [5.74, 6) is 3.24. The molecule has 0 aliphatic heterocycles. The number of ether oxygens (including phenoxy) is 1. The zero-order valence-corrected chi connectivity index (χ0v) is 13.1. The van der Waals surface area contributed by atoms with Gasteiger partial charge in [-0.1, -0.05) is 18.2 Å². The first kappa shape index (κ1) is 15.8. The second-order valence-electron chi connectivity index (χ2n) is 4.88. The highest BCUT2D eigenvalue weighted by molar-refractivity contribution is 5.47. The predicted octanol–water partition coefficient (Wildman–Crippen LogP) is 3.05. The number of methoxy groups -OCH3 is 1. The maximum absolute atomic E-state index is 5.15. The van der Waals surface area contributed by atoms with Crippen LogP contribution >= 0.6 is 0 Å². The summed E-state index contributed by atoms with van der Waals surface area (Å²) in [5.41, 5.74) is 1.25. The zero-order chi connectivity index (χ0) is 15.8. The third-order valence-corrected chi connectivity index (χ3v) is 3.14. The Morgan fingerprint density at radius 2 is 1.82 bits per heavy atom. The van der Waals surface area contributed by atoms with Crippen molar-refractivity contribution in [3.8, 4) is 5.75 Å². The van der Waals surface area contributed by atoms with E-state index in [1.54, 1.807) is 13.2 Å². The van der Waals surface area contributed by atoms with E-state index in [-0.39, 0.29) is 0 Å². The van der Waals surface area contributed by atoms with E-state index in [0.29, 0.717) is 6.54 Å². The van der Waals surface area contributed by atoms with Gasteiger partial charge in [0.2, 0.25) is 0 Å². The average molecular weight is 298 g/mol. The Labute approximate surface area is 131 Å². The van der Waals surface area contributed by atoms with Crippen LogP contribution in [0.3, 0.4) is 0 Å². The molecule has 116 valence electrons. The molecule has 0 saturated heterocycles. The van der Waals surface area contributed by atoms with Gasteiger partial charge in [0.05, 0.1) is 7.11 Å². The van der Waals surface area contributed by atoms with Crippen LogP contribution < -0.4 is 15.4 Å². The minimum atomic E-state index is 0.682. The van der Waals surface area contributed by atoms with Gasteiger partial charge in [0.25, 0.3) is 0 Å². The molecule has 0 spiro atoms. The van der Waals surface area contributed by atoms with Crippen molar-refractivity contribution in [1.82, 2.24) is 9.97 Å². The number of rotatable bonds is 8. The van der Waals surface area contributed by atoms with E-state index in [9.17, 15) is 0 Å². The molecular weight excluding hydrogens is 276 g/mol. The van der Waals surface area contributed by atoms with Crippen molar-refractivity contribution in [3.05, 3.63) is 54.4 Å². The van der Waals surface area contributed by atoms with Gasteiger partial charge in [0, 0.05) is 19.2 Å². The molecule has 2 rings (SSSR count). The van der Waals surface area contributed by atoms with E-state index >= 15 is 0 Å². The molecule has 1 aromatic carbocycles. The Bertz CT molecular complexity index is 611. The van der Waals surface area contributed by atoms with Gasteiger partial charge in [-0.3, -0.25) is 0 Å². The highest BCUT2D eigenvalue weighted by Crippen LogP contribution is 2.13. The molecule has 0 atom stereocenters. The molecule has 0 radical (unpaired) electrons. The second kappa shape index (κ2) is 8.02. The lowest BCUT2D eigenvalue weighted by Crippen LogP contribution is -2.09. The van der Waals surface area contributed by atoms with Gasteiger partial charge in [0.1, 0.15) is 23.2 Å². The number of aromatic nitrogens is 2. The molecule has 2 N–H and O–H groups in total. The van der Waals surface area contributed by atoms with Crippen molar-refractivity contribution in [2.75, 3.05) is 30.8 Å². The van der Waals surface area contributed by atoms with Crippen molar-refractivity contribution in [2.45, 2.75) is 13.3 Å². The molecule has 0 fully saturated rings. The monoisotopic (exact) mass is 298 g/mol. The highest BCUT2D eigenvalue weighted by Gasteiger charge is 2.01. The minimum absolute atomic E-state index is 0.682. The number of benzene rings is 1. The smallest absolute Gasteiger partial charge is 0.132 e. The van der Waals surface area contributed by atoms with E-state index < -0.39 is 0 Å². The summed E-state index contributed by atoms with van der Waals surface area (Å²) in [4.78, 5) is 8.73. The third kappa shape index (κ3) is 4.77. The van der Waals surface area contributed by atoms with Crippen LogP contribution in [0.1, 0.15) is 11.4 Å². The largest absolute Gasteiger partial charge is 0.497 e. The Morgan fingerprint density at radius 1 is 1.14 bits per heavy atom. The van der Waals surface area contributed by atoms with E-state index in [4.69, 9.17) is 4.74 Å². The number of hydrogen-bond donors (Lipinski definition) is 2. The molecule has 0 aliphatic rings. The summed E-state index contributed by atoms with van der Waals surface area (Å²) in [6.45, 7) is 7.06. The average Bonchev–Trinajstić information content (AvgIpc) is 2.53. The van der Waals surface area contributed by atoms with Crippen LogP contribution in [0.25, 0.3) is 0 Å². The third-order valence-electron chi connectivity index (χ3n) is 3.14. The minimum Gasteiger partial charge on any atom is -0.497 e. The summed E-state index contributed by atoms with van der Waals surface area (Å²) in [5, 5.41) is 6.50. The van der Waals surface area contributed by atoms with Crippen LogP contribution in [-0.4, -0.2) is 30.2 Å². The molecule has 0 amide bonds. The highest BCUT2D eigenvalue weighted by atomic mass is 16.5. The number of nitrogens with one attached hydrogen (secondary N) is 2. The summed E-state index contributed by atoms with van der Waals surface area (Å²) in [7, 11) is 1.67. The van der Waals surface area contributed by atoms with E-state index in [0.717, 1.165) is 36.2 Å². The van der Waals surface area contributed by atoms with Crippen molar-refractivity contribution >= 4 is 11.6 Å². The molecule has 0 unspecified atom stereocenters. The van der Waals surface area contributed by atoms with Gasteiger partial charge < -0.3 is 15.4 Å². The van der Waals surface area contributed by atoms with Gasteiger partial charge in [-0.2, -0.15) is 0 Å². The van der Waals surface area contributed by atoms with Crippen LogP contribution in [0.5, 0.6) is 5.75 Å². The topological polar surface area (TPSA) is 59.1 Å². The molecule has 5 heteroatoms. The molecule has 5 nitrogen and oxygen atoms in total. The number of aryl methyl sites for hydroxylation is 1. The molecule has 2 aromatic rings. The molecule has 0 saturated carbocycles. The van der Waals surface area contributed by atoms with Crippen molar-refractivity contribution in [3.63, 3.8) is 0 Å². The van der Waals surface area contributed by atoms with Gasteiger partial charge in [-0.05, 0) is 31.0 Å². The zero-order valence-electron chi connectivity index (χ0n) is 13.1. The molecule has 0 aliphatic carbocycles. The Balaban J connectivity index is 1.90. The predicted molar refractivity (Wildman–Crippen MR) is 90.6 cm³/mol. The fourth-order valence-corrected chi connectivity index (χ4v) is 2.05. The first-order valence-corrected chi connectivity index (χ1v) is 7.28. The fourth-order valence-electron chi connectivity index (χ4n) is 2.05. The first-order chi connectivity index (χ1) is 10.7. The van der Waals surface area contributed by atoms with Gasteiger partial charge >= 0.3 is 0 Å². The van der Waals surface area contributed by atoms with E-state index in [2.05, 4.69) is 39.3 Å².